The molecule has 120 valence electrons. The average Bonchev–Trinajstić information content (AvgIpc) is 2.54. The number of hydrogen-bond acceptors (Lipinski definition) is 2. The second-order valence-electron chi connectivity index (χ2n) is 6.25. The summed E-state index contributed by atoms with van der Waals surface area (Å²) in [5.74, 6) is 1.08. The van der Waals surface area contributed by atoms with Gasteiger partial charge in [0.25, 0.3) is 0 Å². The molecule has 1 aliphatic rings. The molecule has 0 bridgehead atoms. The molecule has 1 aliphatic heterocycles. The fourth-order valence-corrected chi connectivity index (χ4v) is 3.05. The first-order valence-electron chi connectivity index (χ1n) is 8.22. The number of hydrogen-bond donors (Lipinski definition) is 1. The molecule has 0 aromatic heterocycles. The maximum Gasteiger partial charge on any atom is 0.225 e. The smallest absolute Gasteiger partial charge is 0.225 e. The maximum atomic E-state index is 12.1. The molecule has 1 amide bonds. The Balaban J connectivity index is 1.94. The van der Waals surface area contributed by atoms with Crippen molar-refractivity contribution in [3.63, 3.8) is 0 Å². The highest BCUT2D eigenvalue weighted by Crippen LogP contribution is 2.38. The highest BCUT2D eigenvalue weighted by Gasteiger charge is 2.27. The Morgan fingerprint density at radius 2 is 1.83 bits per heavy atom. The molecule has 3 nitrogen and oxygen atoms in total. The van der Waals surface area contributed by atoms with Crippen molar-refractivity contribution in [1.82, 2.24) is 0 Å². The van der Waals surface area contributed by atoms with E-state index >= 15 is 0 Å². The fourth-order valence-electron chi connectivity index (χ4n) is 3.05. The van der Waals surface area contributed by atoms with Crippen molar-refractivity contribution in [2.24, 2.45) is 0 Å². The molecule has 1 unspecified atom stereocenters. The summed E-state index contributed by atoms with van der Waals surface area (Å²) in [6.07, 6.45) is 1.49. The van der Waals surface area contributed by atoms with E-state index in [0.29, 0.717) is 6.42 Å². The van der Waals surface area contributed by atoms with Crippen LogP contribution in [0.15, 0.2) is 36.4 Å². The molecule has 2 aromatic carbocycles. The molecule has 2 aromatic rings. The topological polar surface area (TPSA) is 38.3 Å². The SMILES string of the molecule is CCCOc1ccc(C2CC(=O)Nc3cc(C)c(C)cc32)cc1. The summed E-state index contributed by atoms with van der Waals surface area (Å²) < 4.78 is 5.64. The van der Waals surface area contributed by atoms with Crippen LogP contribution in [0, 0.1) is 13.8 Å². The van der Waals surface area contributed by atoms with Crippen molar-refractivity contribution in [2.75, 3.05) is 11.9 Å². The third-order valence-electron chi connectivity index (χ3n) is 4.46. The predicted octanol–water partition coefficient (Wildman–Crippen LogP) is 4.57. The summed E-state index contributed by atoms with van der Waals surface area (Å²) >= 11 is 0. The molecule has 0 saturated heterocycles. The van der Waals surface area contributed by atoms with E-state index in [1.807, 2.05) is 12.1 Å². The minimum absolute atomic E-state index is 0.0806. The first kappa shape index (κ1) is 15.6. The summed E-state index contributed by atoms with van der Waals surface area (Å²) in [5, 5.41) is 3.00. The van der Waals surface area contributed by atoms with Crippen LogP contribution in [0.4, 0.5) is 5.69 Å². The van der Waals surface area contributed by atoms with Gasteiger partial charge in [0, 0.05) is 18.0 Å². The summed E-state index contributed by atoms with van der Waals surface area (Å²) in [4.78, 5) is 12.1. The van der Waals surface area contributed by atoms with Crippen LogP contribution in [0.25, 0.3) is 0 Å². The maximum absolute atomic E-state index is 12.1. The second kappa shape index (κ2) is 6.45. The van der Waals surface area contributed by atoms with E-state index in [1.54, 1.807) is 0 Å². The standard InChI is InChI=1S/C20H23NO2/c1-4-9-23-16-7-5-15(6-8-16)17-12-20(22)21-19-11-14(3)13(2)10-18(17)19/h5-8,10-11,17H,4,9,12H2,1-3H3,(H,21,22). The Hall–Kier alpha value is -2.29. The van der Waals surface area contributed by atoms with Gasteiger partial charge in [-0.25, -0.2) is 0 Å². The molecule has 1 N–H and O–H groups in total. The van der Waals surface area contributed by atoms with Gasteiger partial charge in [-0.1, -0.05) is 25.1 Å². The van der Waals surface area contributed by atoms with Gasteiger partial charge in [0.1, 0.15) is 5.75 Å². The van der Waals surface area contributed by atoms with Gasteiger partial charge >= 0.3 is 0 Å². The highest BCUT2D eigenvalue weighted by atomic mass is 16.5. The third-order valence-corrected chi connectivity index (χ3v) is 4.46. The zero-order valence-electron chi connectivity index (χ0n) is 14.0. The van der Waals surface area contributed by atoms with Crippen LogP contribution in [0.5, 0.6) is 5.75 Å². The molecule has 23 heavy (non-hydrogen) atoms. The largest absolute Gasteiger partial charge is 0.494 e. The van der Waals surface area contributed by atoms with E-state index in [9.17, 15) is 4.79 Å². The first-order chi connectivity index (χ1) is 11.1. The summed E-state index contributed by atoms with van der Waals surface area (Å²) in [6, 6.07) is 12.4. The number of amides is 1. The fraction of sp³-hybridized carbons (Fsp3) is 0.350. The van der Waals surface area contributed by atoms with Gasteiger partial charge in [-0.3, -0.25) is 4.79 Å². The van der Waals surface area contributed by atoms with E-state index in [1.165, 1.54) is 16.7 Å². The Kier molecular flexibility index (Phi) is 4.37. The van der Waals surface area contributed by atoms with E-state index in [2.05, 4.69) is 50.4 Å². The van der Waals surface area contributed by atoms with E-state index in [4.69, 9.17) is 4.74 Å². The Morgan fingerprint density at radius 1 is 1.13 bits per heavy atom. The normalized spacial score (nSPS) is 16.7. The van der Waals surface area contributed by atoms with E-state index < -0.39 is 0 Å². The van der Waals surface area contributed by atoms with Gasteiger partial charge in [-0.05, 0) is 60.7 Å². The van der Waals surface area contributed by atoms with Gasteiger partial charge < -0.3 is 10.1 Å². The minimum Gasteiger partial charge on any atom is -0.494 e. The van der Waals surface area contributed by atoms with Gasteiger partial charge in [0.05, 0.1) is 6.61 Å². The molecular formula is C20H23NO2. The molecule has 3 rings (SSSR count). The number of carbonyl (C=O) groups is 1. The van der Waals surface area contributed by atoms with Crippen molar-refractivity contribution in [2.45, 2.75) is 39.5 Å². The lowest BCUT2D eigenvalue weighted by Crippen LogP contribution is -2.23. The Labute approximate surface area is 137 Å². The van der Waals surface area contributed by atoms with Gasteiger partial charge in [-0.2, -0.15) is 0 Å². The zero-order valence-corrected chi connectivity index (χ0v) is 14.0. The number of rotatable bonds is 4. The van der Waals surface area contributed by atoms with Crippen molar-refractivity contribution in [3.05, 3.63) is 58.7 Å². The van der Waals surface area contributed by atoms with Crippen LogP contribution in [0.3, 0.4) is 0 Å². The summed E-state index contributed by atoms with van der Waals surface area (Å²) in [5.41, 5.74) is 5.77. The number of fused-ring (bicyclic) bond motifs is 1. The molecule has 0 aliphatic carbocycles. The second-order valence-corrected chi connectivity index (χ2v) is 6.25. The van der Waals surface area contributed by atoms with E-state index in [-0.39, 0.29) is 11.8 Å². The quantitative estimate of drug-likeness (QED) is 0.898. The van der Waals surface area contributed by atoms with Crippen LogP contribution >= 0.6 is 0 Å². The summed E-state index contributed by atoms with van der Waals surface area (Å²) in [6.45, 7) is 7.01. The Morgan fingerprint density at radius 3 is 2.52 bits per heavy atom. The first-order valence-corrected chi connectivity index (χ1v) is 8.22. The van der Waals surface area contributed by atoms with Crippen LogP contribution in [0.1, 0.15) is 47.9 Å². The van der Waals surface area contributed by atoms with Crippen LogP contribution < -0.4 is 10.1 Å². The molecule has 0 fully saturated rings. The van der Waals surface area contributed by atoms with Crippen molar-refractivity contribution < 1.29 is 9.53 Å². The van der Waals surface area contributed by atoms with Gasteiger partial charge in [0.2, 0.25) is 5.91 Å². The summed E-state index contributed by atoms with van der Waals surface area (Å²) in [7, 11) is 0. The molecule has 1 heterocycles. The molecule has 0 spiro atoms. The molecule has 0 saturated carbocycles. The number of nitrogens with one attached hydrogen (secondary N) is 1. The monoisotopic (exact) mass is 309 g/mol. The van der Waals surface area contributed by atoms with Crippen molar-refractivity contribution >= 4 is 11.6 Å². The lowest BCUT2D eigenvalue weighted by atomic mass is 9.83. The molecule has 3 heteroatoms. The third kappa shape index (κ3) is 3.24. The lowest BCUT2D eigenvalue weighted by molar-refractivity contribution is -0.116. The average molecular weight is 309 g/mol. The van der Waals surface area contributed by atoms with Crippen LogP contribution in [-0.2, 0) is 4.79 Å². The van der Waals surface area contributed by atoms with Crippen LogP contribution in [-0.4, -0.2) is 12.5 Å². The number of aryl methyl sites for hydroxylation is 2. The van der Waals surface area contributed by atoms with E-state index in [0.717, 1.165) is 30.0 Å². The van der Waals surface area contributed by atoms with Gasteiger partial charge in [-0.15, -0.1) is 0 Å². The predicted molar refractivity (Wildman–Crippen MR) is 93.2 cm³/mol. The number of ether oxygens (including phenoxy) is 1. The zero-order chi connectivity index (χ0) is 16.4. The Bertz CT molecular complexity index is 719. The molecule has 1 atom stereocenters. The minimum atomic E-state index is 0.0806. The number of benzene rings is 2. The molecule has 0 radical (unpaired) electrons. The van der Waals surface area contributed by atoms with Gasteiger partial charge in [0.15, 0.2) is 0 Å². The number of anilines is 1. The van der Waals surface area contributed by atoms with Crippen LogP contribution in [0.2, 0.25) is 0 Å². The lowest BCUT2D eigenvalue weighted by Gasteiger charge is -2.27. The van der Waals surface area contributed by atoms with Crippen molar-refractivity contribution in [1.29, 1.82) is 0 Å². The van der Waals surface area contributed by atoms with Crippen molar-refractivity contribution in [3.8, 4) is 5.75 Å². The number of carbonyl (C=O) groups excluding carboxylic acids is 1. The molecular weight excluding hydrogens is 286 g/mol. The highest BCUT2D eigenvalue weighted by molar-refractivity contribution is 5.95.